The van der Waals surface area contributed by atoms with E-state index in [1.165, 1.54) is 51.4 Å². The summed E-state index contributed by atoms with van der Waals surface area (Å²) in [5.74, 6) is 0. The van der Waals surface area contributed by atoms with Gasteiger partial charge in [0, 0.05) is 0 Å². The standard InChI is InChI=1S/C15H11.C4H10.Al.2H/c1-2-6-12(7-3-1)15-10-13-8-4-5-9-14(13)11-15;1-3-4-2;;;/h1-11H;3-4H2,1-2H3;;;. The summed E-state index contributed by atoms with van der Waals surface area (Å²) in [6.45, 7) is 4.36. The van der Waals surface area contributed by atoms with Crippen LogP contribution in [-0.4, -0.2) is 16.3 Å². The molecule has 102 valence electrons. The van der Waals surface area contributed by atoms with Crippen molar-refractivity contribution in [1.29, 1.82) is 0 Å². The molecule has 3 rings (SSSR count). The van der Waals surface area contributed by atoms with Gasteiger partial charge in [0.05, 0.1) is 0 Å². The van der Waals surface area contributed by atoms with Gasteiger partial charge in [-0.05, 0) is 27.0 Å². The second kappa shape index (κ2) is 7.48. The second-order valence-electron chi connectivity index (χ2n) is 5.32. The molecule has 0 fully saturated rings. The molecule has 1 atom stereocenters. The molecule has 0 spiro atoms. The molecule has 0 saturated heterocycles. The summed E-state index contributed by atoms with van der Waals surface area (Å²) in [4.78, 5) is 0. The van der Waals surface area contributed by atoms with Gasteiger partial charge in [-0.15, -0.1) is 0 Å². The number of benzene rings is 2. The number of unbranched alkanes of at least 4 members (excludes halogenated alkanes) is 1. The SMILES string of the molecule is CCCC.[AlH2][CH]1C(c2ccccc2)=Cc2ccccc21. The van der Waals surface area contributed by atoms with E-state index in [1.807, 2.05) is 0 Å². The monoisotopic (exact) mass is 278 g/mol. The van der Waals surface area contributed by atoms with Crippen molar-refractivity contribution in [3.8, 4) is 0 Å². The molecule has 0 radical (unpaired) electrons. The van der Waals surface area contributed by atoms with Crippen LogP contribution in [0.5, 0.6) is 0 Å². The van der Waals surface area contributed by atoms with Crippen molar-refractivity contribution in [2.24, 2.45) is 0 Å². The van der Waals surface area contributed by atoms with Crippen LogP contribution in [-0.2, 0) is 0 Å². The van der Waals surface area contributed by atoms with E-state index in [2.05, 4.69) is 74.5 Å². The van der Waals surface area contributed by atoms with Crippen LogP contribution >= 0.6 is 0 Å². The fraction of sp³-hybridized carbons (Fsp3) is 0.263. The number of rotatable bonds is 2. The molecule has 0 bridgehead atoms. The molecule has 1 aliphatic carbocycles. The Hall–Kier alpha value is -1.29. The molecule has 1 aliphatic rings. The first-order chi connectivity index (χ1) is 9.77. The van der Waals surface area contributed by atoms with Crippen LogP contribution in [0.3, 0.4) is 0 Å². The van der Waals surface area contributed by atoms with Gasteiger partial charge in [0.1, 0.15) is 0 Å². The highest BCUT2D eigenvalue weighted by molar-refractivity contribution is 6.23. The Morgan fingerprint density at radius 3 is 2.05 bits per heavy atom. The molecular weight excluding hydrogens is 255 g/mol. The van der Waals surface area contributed by atoms with Crippen LogP contribution in [0.4, 0.5) is 0 Å². The lowest BCUT2D eigenvalue weighted by Gasteiger charge is -2.11. The Bertz CT molecular complexity index is 567. The Balaban J connectivity index is 0.000000328. The summed E-state index contributed by atoms with van der Waals surface area (Å²) in [6.07, 6.45) is 4.99. The zero-order valence-electron chi connectivity index (χ0n) is 12.8. The van der Waals surface area contributed by atoms with Crippen molar-refractivity contribution in [2.75, 3.05) is 0 Å². The van der Waals surface area contributed by atoms with Gasteiger partial charge in [0.2, 0.25) is 16.3 Å². The van der Waals surface area contributed by atoms with E-state index >= 15 is 0 Å². The van der Waals surface area contributed by atoms with Gasteiger partial charge >= 0.3 is 0 Å². The fourth-order valence-corrected chi connectivity index (χ4v) is 3.49. The Morgan fingerprint density at radius 2 is 1.45 bits per heavy atom. The third-order valence-corrected chi connectivity index (χ3v) is 5.09. The summed E-state index contributed by atoms with van der Waals surface area (Å²) in [7, 11) is 0. The maximum Gasteiger partial charge on any atom is 0.230 e. The minimum atomic E-state index is 0.651. The summed E-state index contributed by atoms with van der Waals surface area (Å²) >= 11 is 1.18. The van der Waals surface area contributed by atoms with Gasteiger partial charge in [-0.3, -0.25) is 0 Å². The average molecular weight is 278 g/mol. The lowest BCUT2D eigenvalue weighted by Crippen LogP contribution is -1.97. The minimum absolute atomic E-state index is 0.651. The van der Waals surface area contributed by atoms with Crippen molar-refractivity contribution >= 4 is 27.9 Å². The molecule has 2 aromatic rings. The first-order valence-electron chi connectivity index (χ1n) is 7.63. The van der Waals surface area contributed by atoms with Gasteiger partial charge in [-0.2, -0.15) is 0 Å². The van der Waals surface area contributed by atoms with Crippen LogP contribution in [0.2, 0.25) is 0 Å². The van der Waals surface area contributed by atoms with E-state index in [1.54, 1.807) is 0 Å². The van der Waals surface area contributed by atoms with Crippen LogP contribution in [0, 0.1) is 0 Å². The number of allylic oxidation sites excluding steroid dienone is 1. The predicted molar refractivity (Wildman–Crippen MR) is 92.6 cm³/mol. The normalized spacial score (nSPS) is 15.9. The van der Waals surface area contributed by atoms with Crippen molar-refractivity contribution in [1.82, 2.24) is 0 Å². The molecule has 0 nitrogen and oxygen atoms in total. The largest absolute Gasteiger partial charge is 0.230 e. The average Bonchev–Trinajstić information content (AvgIpc) is 2.86. The van der Waals surface area contributed by atoms with Crippen LogP contribution in [0.25, 0.3) is 11.6 Å². The van der Waals surface area contributed by atoms with E-state index in [0.29, 0.717) is 4.78 Å². The third-order valence-electron chi connectivity index (χ3n) is 3.85. The van der Waals surface area contributed by atoms with E-state index in [-0.39, 0.29) is 0 Å². The summed E-state index contributed by atoms with van der Waals surface area (Å²) in [5.41, 5.74) is 5.78. The van der Waals surface area contributed by atoms with E-state index in [9.17, 15) is 0 Å². The summed E-state index contributed by atoms with van der Waals surface area (Å²) < 4.78 is 0.651. The predicted octanol–water partition coefficient (Wildman–Crippen LogP) is 4.72. The molecule has 2 aromatic carbocycles. The maximum atomic E-state index is 2.35. The van der Waals surface area contributed by atoms with Crippen molar-refractivity contribution < 1.29 is 0 Å². The van der Waals surface area contributed by atoms with E-state index < -0.39 is 0 Å². The summed E-state index contributed by atoms with van der Waals surface area (Å²) in [5, 5.41) is 0. The molecule has 1 heteroatoms. The molecule has 0 amide bonds. The van der Waals surface area contributed by atoms with E-state index in [0.717, 1.165) is 0 Å². The minimum Gasteiger partial charge on any atom is -0.0654 e. The van der Waals surface area contributed by atoms with Gasteiger partial charge in [-0.25, -0.2) is 0 Å². The molecule has 0 aliphatic heterocycles. The smallest absolute Gasteiger partial charge is 0.0654 e. The topological polar surface area (TPSA) is 0 Å². The highest BCUT2D eigenvalue weighted by atomic mass is 27.0. The van der Waals surface area contributed by atoms with Crippen molar-refractivity contribution in [3.05, 3.63) is 71.3 Å². The van der Waals surface area contributed by atoms with E-state index in [4.69, 9.17) is 0 Å². The van der Waals surface area contributed by atoms with Crippen molar-refractivity contribution in [3.63, 3.8) is 0 Å². The highest BCUT2D eigenvalue weighted by Gasteiger charge is 2.20. The Morgan fingerprint density at radius 1 is 0.850 bits per heavy atom. The Kier molecular flexibility index (Phi) is 5.65. The quantitative estimate of drug-likeness (QED) is 0.697. The zero-order valence-corrected chi connectivity index (χ0v) is 14.8. The molecule has 1 unspecified atom stereocenters. The zero-order chi connectivity index (χ0) is 14.4. The molecule has 0 N–H and O–H groups in total. The van der Waals surface area contributed by atoms with Crippen molar-refractivity contribution in [2.45, 2.75) is 31.5 Å². The third kappa shape index (κ3) is 3.42. The highest BCUT2D eigenvalue weighted by Crippen LogP contribution is 2.39. The van der Waals surface area contributed by atoms with Gasteiger partial charge in [0.25, 0.3) is 0 Å². The first-order valence-corrected chi connectivity index (χ1v) is 8.79. The lowest BCUT2D eigenvalue weighted by molar-refractivity contribution is 0.886. The molecule has 0 heterocycles. The second-order valence-corrected chi connectivity index (χ2v) is 6.47. The maximum absolute atomic E-state index is 2.35. The first kappa shape index (κ1) is 15.1. The molecular formula is C19H23Al. The summed E-state index contributed by atoms with van der Waals surface area (Å²) in [6, 6.07) is 19.5. The molecule has 0 saturated carbocycles. The Labute approximate surface area is 131 Å². The fourth-order valence-electron chi connectivity index (χ4n) is 2.46. The number of fused-ring (bicyclic) bond motifs is 1. The van der Waals surface area contributed by atoms with Crippen LogP contribution < -0.4 is 0 Å². The van der Waals surface area contributed by atoms with Crippen LogP contribution in [0.15, 0.2) is 54.6 Å². The van der Waals surface area contributed by atoms with Gasteiger partial charge in [0.15, 0.2) is 0 Å². The lowest BCUT2D eigenvalue weighted by atomic mass is 10.0. The molecule has 0 aromatic heterocycles. The number of hydrogen-bond donors (Lipinski definition) is 0. The molecule has 20 heavy (non-hydrogen) atoms. The van der Waals surface area contributed by atoms with Gasteiger partial charge < -0.3 is 0 Å². The van der Waals surface area contributed by atoms with Crippen LogP contribution in [0.1, 0.15) is 48.2 Å². The van der Waals surface area contributed by atoms with Gasteiger partial charge in [-0.1, -0.05) is 87.4 Å². The number of hydrogen-bond acceptors (Lipinski definition) is 0.